The van der Waals surface area contributed by atoms with Gasteiger partial charge in [0.2, 0.25) is 0 Å². The zero-order chi connectivity index (χ0) is 0. The maximum Gasteiger partial charge on any atom is 0 e. The zero-order valence-electron chi connectivity index (χ0n) is 6.13. The van der Waals surface area contributed by atoms with E-state index in [-0.39, 0.29) is 120 Å². The van der Waals surface area contributed by atoms with Gasteiger partial charge in [0.05, 0.1) is 0 Å². The Hall–Kier alpha value is 1.72. The predicted molar refractivity (Wildman–Crippen MR) is 57.9 cm³/mol. The van der Waals surface area contributed by atoms with Gasteiger partial charge in [0.25, 0.3) is 0 Å². The predicted octanol–water partition coefficient (Wildman–Crippen LogP) is -4.91. The van der Waals surface area contributed by atoms with Gasteiger partial charge in [-0.2, -0.15) is 0 Å². The molecular weight excluding hydrogens is 361 g/mol. The van der Waals surface area contributed by atoms with Gasteiger partial charge < -0.3 is 43.8 Å². The van der Waals surface area contributed by atoms with Crippen LogP contribution in [-0.4, -0.2) is 43.8 Å². The fourth-order valence-corrected chi connectivity index (χ4v) is 0. The first kappa shape index (κ1) is 934. The van der Waals surface area contributed by atoms with Crippen molar-refractivity contribution in [1.29, 1.82) is 0 Å². The Bertz CT molecular complexity index is 16.1. The Kier molecular flexibility index (Phi) is 53700. The average molecular weight is 381 g/mol. The van der Waals surface area contributed by atoms with E-state index in [4.69, 9.17) is 0 Å². The molecule has 0 aromatic rings. The van der Waals surface area contributed by atoms with E-state index < -0.39 is 0 Å². The van der Waals surface area contributed by atoms with Gasteiger partial charge in [-0.05, 0) is 0 Å². The molecule has 13 heavy (non-hydrogen) atoms. The molecule has 0 radical (unpaired) electrons. The molecule has 0 saturated carbocycles. The summed E-state index contributed by atoms with van der Waals surface area (Å²) in [6, 6.07) is 0. The molecule has 0 atom stereocenters. The molecular formula is H20Cl4O8Zr. The van der Waals surface area contributed by atoms with Crippen molar-refractivity contribution in [2.24, 2.45) is 0 Å². The van der Waals surface area contributed by atoms with Crippen molar-refractivity contribution in [3.63, 3.8) is 0 Å². The number of hydrogen-bond donors (Lipinski definition) is 0. The Morgan fingerprint density at radius 3 is 0.231 bits per heavy atom. The maximum atomic E-state index is 0. The van der Waals surface area contributed by atoms with Crippen LogP contribution in [0.5, 0.6) is 0 Å². The van der Waals surface area contributed by atoms with Gasteiger partial charge in [-0.15, -0.1) is 49.6 Å². The molecule has 0 aliphatic rings. The minimum absolute atomic E-state index is 0. The summed E-state index contributed by atoms with van der Waals surface area (Å²) in [5.41, 5.74) is 0. The van der Waals surface area contributed by atoms with Crippen LogP contribution in [0.15, 0.2) is 0 Å². The molecule has 0 aliphatic heterocycles. The van der Waals surface area contributed by atoms with Crippen molar-refractivity contribution in [1.82, 2.24) is 0 Å². The van der Waals surface area contributed by atoms with E-state index in [1.807, 2.05) is 0 Å². The molecule has 0 heterocycles. The van der Waals surface area contributed by atoms with Crippen LogP contribution in [0, 0.1) is 0 Å². The molecule has 13 heteroatoms. The number of halogens is 4. The third-order valence-corrected chi connectivity index (χ3v) is 0. The molecule has 0 unspecified atom stereocenters. The van der Waals surface area contributed by atoms with E-state index in [9.17, 15) is 0 Å². The summed E-state index contributed by atoms with van der Waals surface area (Å²) in [6.45, 7) is 0. The van der Waals surface area contributed by atoms with E-state index in [1.54, 1.807) is 0 Å². The van der Waals surface area contributed by atoms with Crippen LogP contribution < -0.4 is 0 Å². The molecule has 0 amide bonds. The summed E-state index contributed by atoms with van der Waals surface area (Å²) in [4.78, 5) is 0. The molecule has 0 rings (SSSR count). The standard InChI is InChI=1S/4ClH.8H2O.Zr/h4*1H;8*1H2;. The van der Waals surface area contributed by atoms with Gasteiger partial charge in [0.15, 0.2) is 0 Å². The Morgan fingerprint density at radius 2 is 0.231 bits per heavy atom. The van der Waals surface area contributed by atoms with Gasteiger partial charge in [0, 0.05) is 26.2 Å². The minimum Gasteiger partial charge on any atom is -0.412 e. The van der Waals surface area contributed by atoms with E-state index in [1.165, 1.54) is 0 Å². The van der Waals surface area contributed by atoms with Crippen molar-refractivity contribution in [2.45, 2.75) is 0 Å². The quantitative estimate of drug-likeness (QED) is 0.382. The minimum atomic E-state index is 0. The van der Waals surface area contributed by atoms with Crippen LogP contribution in [0.4, 0.5) is 0 Å². The maximum absolute atomic E-state index is 0. The largest absolute Gasteiger partial charge is 0.412 e. The van der Waals surface area contributed by atoms with Crippen LogP contribution in [0.3, 0.4) is 0 Å². The smallest absolute Gasteiger partial charge is 0 e. The summed E-state index contributed by atoms with van der Waals surface area (Å²) in [5.74, 6) is 0. The second-order valence-electron chi connectivity index (χ2n) is 0. The summed E-state index contributed by atoms with van der Waals surface area (Å²) >= 11 is 0. The summed E-state index contributed by atoms with van der Waals surface area (Å²) in [6.07, 6.45) is 0. The average Bonchev–Trinajstić information content (AvgIpc) is 0. The molecule has 100 valence electrons. The molecule has 0 fully saturated rings. The van der Waals surface area contributed by atoms with Gasteiger partial charge in [-0.3, -0.25) is 0 Å². The summed E-state index contributed by atoms with van der Waals surface area (Å²) < 4.78 is 0. The molecule has 0 saturated heterocycles. The molecule has 16 N–H and O–H groups in total. The molecule has 0 bridgehead atoms. The first-order valence-corrected chi connectivity index (χ1v) is 0. The third-order valence-electron chi connectivity index (χ3n) is 0. The molecule has 0 aliphatic carbocycles. The summed E-state index contributed by atoms with van der Waals surface area (Å²) in [7, 11) is 0. The first-order chi connectivity index (χ1) is 0. The molecule has 0 aromatic carbocycles. The number of rotatable bonds is 0. The van der Waals surface area contributed by atoms with Gasteiger partial charge in [-0.1, -0.05) is 0 Å². The Labute approximate surface area is 119 Å². The van der Waals surface area contributed by atoms with E-state index in [2.05, 4.69) is 0 Å². The van der Waals surface area contributed by atoms with Crippen LogP contribution in [-0.2, 0) is 26.2 Å². The zero-order valence-corrected chi connectivity index (χ0v) is 11.9. The van der Waals surface area contributed by atoms with Crippen molar-refractivity contribution in [3.05, 3.63) is 0 Å². The molecule has 0 aromatic heterocycles. The normalized spacial score (nSPS) is 0. The molecule has 8 nitrogen and oxygen atoms in total. The van der Waals surface area contributed by atoms with Crippen molar-refractivity contribution in [3.8, 4) is 0 Å². The fourth-order valence-electron chi connectivity index (χ4n) is 0. The Morgan fingerprint density at radius 1 is 0.231 bits per heavy atom. The van der Waals surface area contributed by atoms with Crippen LogP contribution in [0.1, 0.15) is 0 Å². The number of hydrogen-bond acceptors (Lipinski definition) is 0. The van der Waals surface area contributed by atoms with Crippen molar-refractivity contribution in [2.75, 3.05) is 0 Å². The van der Waals surface area contributed by atoms with Crippen molar-refractivity contribution < 1.29 is 70.0 Å². The van der Waals surface area contributed by atoms with Gasteiger partial charge >= 0.3 is 0 Å². The second kappa shape index (κ2) is 748. The van der Waals surface area contributed by atoms with E-state index in [0.717, 1.165) is 0 Å². The Balaban J connectivity index is 0. The first-order valence-electron chi connectivity index (χ1n) is 0. The van der Waals surface area contributed by atoms with E-state index in [0.29, 0.717) is 0 Å². The second-order valence-corrected chi connectivity index (χ2v) is 0. The van der Waals surface area contributed by atoms with Crippen LogP contribution >= 0.6 is 49.6 Å². The van der Waals surface area contributed by atoms with Gasteiger partial charge in [0.1, 0.15) is 0 Å². The van der Waals surface area contributed by atoms with Crippen molar-refractivity contribution >= 4 is 49.6 Å². The monoisotopic (exact) mass is 378 g/mol. The SMILES string of the molecule is Cl.Cl.Cl.Cl.O.O.O.O.O.O.O.O.[Zr]. The summed E-state index contributed by atoms with van der Waals surface area (Å²) in [5, 5.41) is 0. The van der Waals surface area contributed by atoms with Crippen LogP contribution in [0.2, 0.25) is 0 Å². The third kappa shape index (κ3) is 635. The van der Waals surface area contributed by atoms with Gasteiger partial charge in [-0.25, -0.2) is 0 Å². The van der Waals surface area contributed by atoms with E-state index >= 15 is 0 Å². The fraction of sp³-hybridized carbons (Fsp3) is 0. The topological polar surface area (TPSA) is 252 Å². The molecule has 0 spiro atoms. The van der Waals surface area contributed by atoms with Crippen LogP contribution in [0.25, 0.3) is 0 Å².